The normalized spacial score (nSPS) is 11.5. The molecule has 0 spiro atoms. The molecule has 8 heteroatoms. The lowest BCUT2D eigenvalue weighted by Crippen LogP contribution is -2.29. The third kappa shape index (κ3) is 4.69. The molecule has 1 aromatic carbocycles. The first-order valence-corrected chi connectivity index (χ1v) is 11.5. The molecule has 3 rings (SSSR count). The number of carbonyl (C=O) groups is 1. The molecule has 0 aliphatic rings. The van der Waals surface area contributed by atoms with Crippen molar-refractivity contribution in [3.8, 4) is 10.4 Å². The molecule has 0 fully saturated rings. The van der Waals surface area contributed by atoms with E-state index in [1.807, 2.05) is 30.0 Å². The minimum Gasteiger partial charge on any atom is -0.354 e. The number of nitrogens with zero attached hydrogens (tertiary/aromatic N) is 2. The standard InChI is InChI=1S/C20H23N3O3S2/c1-15-20(18-9-6-13-27-18)16(2)23(22-15)12-11-21-19(24)10-14-28(25,26)17-7-4-3-5-8-17/h3-9,13H,10-12,14H2,1-2H3,(H,21,24). The minimum absolute atomic E-state index is 0.0607. The summed E-state index contributed by atoms with van der Waals surface area (Å²) in [6.07, 6.45) is -0.0607. The van der Waals surface area contributed by atoms with E-state index in [0.717, 1.165) is 17.0 Å². The Morgan fingerprint density at radius 3 is 2.57 bits per heavy atom. The predicted molar refractivity (Wildman–Crippen MR) is 111 cm³/mol. The van der Waals surface area contributed by atoms with Gasteiger partial charge in [0.05, 0.1) is 22.9 Å². The van der Waals surface area contributed by atoms with Crippen LogP contribution < -0.4 is 5.32 Å². The van der Waals surface area contributed by atoms with Crippen LogP contribution in [0.3, 0.4) is 0 Å². The van der Waals surface area contributed by atoms with Gasteiger partial charge in [-0.25, -0.2) is 8.42 Å². The summed E-state index contributed by atoms with van der Waals surface area (Å²) >= 11 is 1.67. The fourth-order valence-electron chi connectivity index (χ4n) is 3.05. The maximum Gasteiger partial charge on any atom is 0.221 e. The third-order valence-corrected chi connectivity index (χ3v) is 7.11. The molecule has 0 saturated carbocycles. The lowest BCUT2D eigenvalue weighted by Gasteiger charge is -2.08. The van der Waals surface area contributed by atoms with Gasteiger partial charge in [-0.2, -0.15) is 5.10 Å². The Balaban J connectivity index is 1.52. The molecule has 1 N–H and O–H groups in total. The second-order valence-electron chi connectivity index (χ2n) is 6.48. The van der Waals surface area contributed by atoms with E-state index in [1.165, 1.54) is 4.88 Å². The Morgan fingerprint density at radius 2 is 1.89 bits per heavy atom. The number of hydrogen-bond donors (Lipinski definition) is 1. The molecular weight excluding hydrogens is 394 g/mol. The van der Waals surface area contributed by atoms with Crippen LogP contribution in [0.1, 0.15) is 17.8 Å². The molecule has 0 aliphatic heterocycles. The molecule has 0 unspecified atom stereocenters. The van der Waals surface area contributed by atoms with E-state index in [1.54, 1.807) is 41.7 Å². The van der Waals surface area contributed by atoms with E-state index in [0.29, 0.717) is 13.1 Å². The summed E-state index contributed by atoms with van der Waals surface area (Å²) in [5.74, 6) is -0.481. The lowest BCUT2D eigenvalue weighted by molar-refractivity contribution is -0.120. The summed E-state index contributed by atoms with van der Waals surface area (Å²) in [5, 5.41) is 9.39. The van der Waals surface area contributed by atoms with Crippen LogP contribution in [0.25, 0.3) is 10.4 Å². The van der Waals surface area contributed by atoms with Crippen LogP contribution in [0.15, 0.2) is 52.7 Å². The zero-order chi connectivity index (χ0) is 20.1. The van der Waals surface area contributed by atoms with Gasteiger partial charge in [-0.15, -0.1) is 11.3 Å². The number of amides is 1. The molecule has 0 radical (unpaired) electrons. The summed E-state index contributed by atoms with van der Waals surface area (Å²) in [7, 11) is -3.44. The van der Waals surface area contributed by atoms with Crippen LogP contribution in [-0.2, 0) is 21.2 Å². The molecule has 1 amide bonds. The number of hydrogen-bond acceptors (Lipinski definition) is 5. The highest BCUT2D eigenvalue weighted by Crippen LogP contribution is 2.30. The second-order valence-corrected chi connectivity index (χ2v) is 9.53. The molecule has 0 bridgehead atoms. The lowest BCUT2D eigenvalue weighted by atomic mass is 10.1. The number of carbonyl (C=O) groups excluding carboxylic acids is 1. The van der Waals surface area contributed by atoms with Crippen molar-refractivity contribution < 1.29 is 13.2 Å². The quantitative estimate of drug-likeness (QED) is 0.610. The van der Waals surface area contributed by atoms with Gasteiger partial charge in [-0.05, 0) is 37.4 Å². The van der Waals surface area contributed by atoms with Gasteiger partial charge in [0, 0.05) is 29.1 Å². The van der Waals surface area contributed by atoms with Crippen LogP contribution in [-0.4, -0.2) is 36.4 Å². The van der Waals surface area contributed by atoms with Gasteiger partial charge in [-0.3, -0.25) is 9.48 Å². The summed E-state index contributed by atoms with van der Waals surface area (Å²) in [6, 6.07) is 12.3. The highest BCUT2D eigenvalue weighted by molar-refractivity contribution is 7.91. The van der Waals surface area contributed by atoms with Crippen molar-refractivity contribution >= 4 is 27.1 Å². The van der Waals surface area contributed by atoms with Crippen molar-refractivity contribution in [2.75, 3.05) is 12.3 Å². The Labute approximate surface area is 169 Å². The average molecular weight is 418 g/mol. The summed E-state index contributed by atoms with van der Waals surface area (Å²) < 4.78 is 26.4. The molecule has 28 heavy (non-hydrogen) atoms. The van der Waals surface area contributed by atoms with Gasteiger partial charge >= 0.3 is 0 Å². The van der Waals surface area contributed by atoms with Crippen LogP contribution in [0.4, 0.5) is 0 Å². The van der Waals surface area contributed by atoms with Gasteiger partial charge in [0.15, 0.2) is 9.84 Å². The van der Waals surface area contributed by atoms with Crippen molar-refractivity contribution in [3.05, 3.63) is 59.2 Å². The van der Waals surface area contributed by atoms with Gasteiger partial charge < -0.3 is 5.32 Å². The highest BCUT2D eigenvalue weighted by atomic mass is 32.2. The number of sulfone groups is 1. The first-order valence-electron chi connectivity index (χ1n) is 9.01. The molecule has 0 saturated heterocycles. The molecule has 2 aromatic heterocycles. The largest absolute Gasteiger partial charge is 0.354 e. The molecule has 6 nitrogen and oxygen atoms in total. The fraction of sp³-hybridized carbons (Fsp3) is 0.300. The van der Waals surface area contributed by atoms with Gasteiger partial charge in [0.25, 0.3) is 0 Å². The van der Waals surface area contributed by atoms with Crippen LogP contribution in [0.2, 0.25) is 0 Å². The third-order valence-electron chi connectivity index (χ3n) is 4.50. The Bertz CT molecular complexity index is 1040. The van der Waals surface area contributed by atoms with Crippen LogP contribution >= 0.6 is 11.3 Å². The maximum atomic E-state index is 12.2. The zero-order valence-electron chi connectivity index (χ0n) is 15.9. The summed E-state index contributed by atoms with van der Waals surface area (Å²) in [4.78, 5) is 13.5. The Hall–Kier alpha value is -2.45. The molecule has 148 valence electrons. The average Bonchev–Trinajstić information content (AvgIpc) is 3.29. The van der Waals surface area contributed by atoms with E-state index in [2.05, 4.69) is 16.5 Å². The number of aryl methyl sites for hydroxylation is 1. The fourth-order valence-corrected chi connectivity index (χ4v) is 5.19. The highest BCUT2D eigenvalue weighted by Gasteiger charge is 2.17. The van der Waals surface area contributed by atoms with Gasteiger partial charge in [0.1, 0.15) is 0 Å². The first kappa shape index (κ1) is 20.3. The molecular formula is C20H23N3O3S2. The van der Waals surface area contributed by atoms with Crippen molar-refractivity contribution in [3.63, 3.8) is 0 Å². The number of nitrogens with one attached hydrogen (secondary N) is 1. The minimum atomic E-state index is -3.44. The first-order chi connectivity index (χ1) is 13.4. The topological polar surface area (TPSA) is 81.1 Å². The summed E-state index contributed by atoms with van der Waals surface area (Å²) in [5.41, 5.74) is 3.15. The maximum absolute atomic E-state index is 12.2. The number of rotatable bonds is 8. The van der Waals surface area contributed by atoms with Crippen molar-refractivity contribution in [2.45, 2.75) is 31.7 Å². The van der Waals surface area contributed by atoms with E-state index in [-0.39, 0.29) is 23.0 Å². The molecule has 0 atom stereocenters. The van der Waals surface area contributed by atoms with Crippen molar-refractivity contribution in [1.82, 2.24) is 15.1 Å². The monoisotopic (exact) mass is 417 g/mol. The SMILES string of the molecule is Cc1nn(CCNC(=O)CCS(=O)(=O)c2ccccc2)c(C)c1-c1cccs1. The van der Waals surface area contributed by atoms with E-state index in [4.69, 9.17) is 0 Å². The Morgan fingerprint density at radius 1 is 1.14 bits per heavy atom. The molecule has 0 aliphatic carbocycles. The summed E-state index contributed by atoms with van der Waals surface area (Å²) in [6.45, 7) is 4.93. The Kier molecular flexibility index (Phi) is 6.31. The number of aromatic nitrogens is 2. The molecule has 2 heterocycles. The smallest absolute Gasteiger partial charge is 0.221 e. The van der Waals surface area contributed by atoms with Crippen molar-refractivity contribution in [1.29, 1.82) is 0 Å². The van der Waals surface area contributed by atoms with Crippen molar-refractivity contribution in [2.24, 2.45) is 0 Å². The number of benzene rings is 1. The molecule has 3 aromatic rings. The van der Waals surface area contributed by atoms with Crippen LogP contribution in [0.5, 0.6) is 0 Å². The van der Waals surface area contributed by atoms with Crippen LogP contribution in [0, 0.1) is 13.8 Å². The predicted octanol–water partition coefficient (Wildman–Crippen LogP) is 3.21. The second kappa shape index (κ2) is 8.70. The van der Waals surface area contributed by atoms with E-state index >= 15 is 0 Å². The van der Waals surface area contributed by atoms with E-state index in [9.17, 15) is 13.2 Å². The van der Waals surface area contributed by atoms with Gasteiger partial charge in [0.2, 0.25) is 5.91 Å². The number of thiophene rings is 1. The van der Waals surface area contributed by atoms with E-state index < -0.39 is 9.84 Å². The zero-order valence-corrected chi connectivity index (χ0v) is 17.5. The van der Waals surface area contributed by atoms with Gasteiger partial charge in [-0.1, -0.05) is 24.3 Å².